The van der Waals surface area contributed by atoms with E-state index in [2.05, 4.69) is 21.1 Å². The van der Waals surface area contributed by atoms with Gasteiger partial charge in [-0.15, -0.1) is 0 Å². The molecule has 1 aromatic heterocycles. The Morgan fingerprint density at radius 2 is 2.00 bits per heavy atom. The average molecular weight is 333 g/mol. The molecule has 4 fully saturated rings. The van der Waals surface area contributed by atoms with E-state index in [-0.39, 0.29) is 0 Å². The van der Waals surface area contributed by atoms with Gasteiger partial charge in [0.2, 0.25) is 0 Å². The number of aromatic nitrogens is 2. The van der Waals surface area contributed by atoms with E-state index in [4.69, 9.17) is 4.99 Å². The maximum absolute atomic E-state index is 5.23. The summed E-state index contributed by atoms with van der Waals surface area (Å²) in [5, 5.41) is 1.30. The van der Waals surface area contributed by atoms with Crippen molar-refractivity contribution in [3.8, 4) is 0 Å². The van der Waals surface area contributed by atoms with Crippen molar-refractivity contribution in [1.82, 2.24) is 14.9 Å². The predicted molar refractivity (Wildman–Crippen MR) is 96.9 cm³/mol. The van der Waals surface area contributed by atoms with Gasteiger partial charge in [-0.1, -0.05) is 24.6 Å². The first-order chi connectivity index (χ1) is 11.3. The molecule has 0 spiro atoms. The van der Waals surface area contributed by atoms with Crippen LogP contribution in [0.15, 0.2) is 17.5 Å². The molecule has 1 aliphatic heterocycles. The number of likely N-dealkylation sites (tertiary alicyclic amines) is 1. The van der Waals surface area contributed by atoms with E-state index in [1.807, 2.05) is 18.0 Å². The lowest BCUT2D eigenvalue weighted by molar-refractivity contribution is 0.147. The fourth-order valence-electron chi connectivity index (χ4n) is 4.78. The van der Waals surface area contributed by atoms with Crippen LogP contribution in [0.1, 0.15) is 56.6 Å². The Bertz CT molecular complexity index is 525. The molecule has 1 saturated heterocycles. The molecule has 1 N–H and O–H groups in total. The van der Waals surface area contributed by atoms with Gasteiger partial charge in [0.15, 0.2) is 5.17 Å². The van der Waals surface area contributed by atoms with Gasteiger partial charge in [0.05, 0.1) is 12.4 Å². The largest absolute Gasteiger partial charge is 0.351 e. The smallest absolute Gasteiger partial charge is 0.159 e. The highest BCUT2D eigenvalue weighted by molar-refractivity contribution is 8.13. The molecule has 0 unspecified atom stereocenters. The monoisotopic (exact) mass is 332 g/mol. The summed E-state index contributed by atoms with van der Waals surface area (Å²) in [5.74, 6) is 2.47. The van der Waals surface area contributed by atoms with E-state index < -0.39 is 0 Å². The van der Waals surface area contributed by atoms with Gasteiger partial charge in [-0.25, -0.2) is 4.98 Å². The first kappa shape index (κ1) is 15.6. The standard InChI is InChI=1S/C18H28N4S/c1-23-18(21-16-10-13-2-4-14(16)5-3-13)22-8-6-15(7-9-22)17-11-19-12-20-17/h11-16H,2-10H2,1H3,(H,19,20)/t13?,14?,16-/m0/s1. The van der Waals surface area contributed by atoms with Gasteiger partial charge in [0, 0.05) is 30.9 Å². The van der Waals surface area contributed by atoms with Gasteiger partial charge in [0.25, 0.3) is 0 Å². The van der Waals surface area contributed by atoms with E-state index in [1.165, 1.54) is 55.8 Å². The molecule has 3 saturated carbocycles. The normalized spacial score (nSPS) is 32.5. The summed E-state index contributed by atoms with van der Waals surface area (Å²) in [6.45, 7) is 2.26. The minimum absolute atomic E-state index is 0.607. The molecule has 3 aliphatic carbocycles. The van der Waals surface area contributed by atoms with Crippen molar-refractivity contribution < 1.29 is 0 Å². The predicted octanol–water partition coefficient (Wildman–Crippen LogP) is 3.89. The maximum atomic E-state index is 5.23. The number of H-pyrrole nitrogens is 1. The minimum Gasteiger partial charge on any atom is -0.351 e. The fourth-order valence-corrected chi connectivity index (χ4v) is 5.46. The molecule has 4 aliphatic rings. The number of hydrogen-bond acceptors (Lipinski definition) is 3. The van der Waals surface area contributed by atoms with Crippen LogP contribution in [0.2, 0.25) is 0 Å². The van der Waals surface area contributed by atoms with Crippen molar-refractivity contribution in [2.75, 3.05) is 19.3 Å². The fraction of sp³-hybridized carbons (Fsp3) is 0.778. The molecule has 4 nitrogen and oxygen atoms in total. The highest BCUT2D eigenvalue weighted by Crippen LogP contribution is 2.43. The van der Waals surface area contributed by atoms with Crippen molar-refractivity contribution in [2.45, 2.75) is 56.9 Å². The molecular formula is C18H28N4S. The Balaban J connectivity index is 1.39. The SMILES string of the molecule is CSC(=N[C@H]1CC2CCC1CC2)N1CCC(c2cnc[nH]2)CC1. The molecule has 0 aromatic carbocycles. The van der Waals surface area contributed by atoms with E-state index in [0.717, 1.165) is 24.9 Å². The van der Waals surface area contributed by atoms with Crippen LogP contribution in [0.25, 0.3) is 0 Å². The number of thioether (sulfide) groups is 1. The third kappa shape index (κ3) is 3.30. The number of amidine groups is 1. The molecule has 2 heterocycles. The average Bonchev–Trinajstić information content (AvgIpc) is 3.15. The second-order valence-electron chi connectivity index (χ2n) is 7.47. The van der Waals surface area contributed by atoms with Crippen LogP contribution >= 0.6 is 11.8 Å². The zero-order chi connectivity index (χ0) is 15.6. The molecule has 1 aromatic rings. The Hall–Kier alpha value is -0.970. The Kier molecular flexibility index (Phi) is 4.65. The summed E-state index contributed by atoms with van der Waals surface area (Å²) in [6, 6.07) is 0.607. The van der Waals surface area contributed by atoms with Gasteiger partial charge in [-0.3, -0.25) is 4.99 Å². The second-order valence-corrected chi connectivity index (χ2v) is 8.24. The number of piperidine rings is 1. The van der Waals surface area contributed by atoms with Crippen molar-refractivity contribution in [2.24, 2.45) is 16.8 Å². The summed E-state index contributed by atoms with van der Waals surface area (Å²) >= 11 is 1.85. The number of hydrogen-bond donors (Lipinski definition) is 1. The lowest BCUT2D eigenvalue weighted by Gasteiger charge is -2.41. The van der Waals surface area contributed by atoms with Crippen molar-refractivity contribution in [1.29, 1.82) is 0 Å². The summed E-state index contributed by atoms with van der Waals surface area (Å²) in [4.78, 5) is 15.2. The number of fused-ring (bicyclic) bond motifs is 3. The number of imidazole rings is 1. The number of nitrogens with zero attached hydrogens (tertiary/aromatic N) is 3. The summed E-state index contributed by atoms with van der Waals surface area (Å²) in [7, 11) is 0. The summed E-state index contributed by atoms with van der Waals surface area (Å²) in [6.07, 6.45) is 15.5. The molecule has 126 valence electrons. The lowest BCUT2D eigenvalue weighted by Crippen LogP contribution is -2.39. The molecule has 1 atom stereocenters. The zero-order valence-corrected chi connectivity index (χ0v) is 14.9. The number of nitrogens with one attached hydrogen (secondary N) is 1. The molecule has 0 radical (unpaired) electrons. The number of aromatic amines is 1. The van der Waals surface area contributed by atoms with Crippen molar-refractivity contribution >= 4 is 16.9 Å². The van der Waals surface area contributed by atoms with E-state index in [1.54, 1.807) is 6.33 Å². The Morgan fingerprint density at radius 3 is 2.57 bits per heavy atom. The topological polar surface area (TPSA) is 44.3 Å². The molecule has 0 amide bonds. The maximum Gasteiger partial charge on any atom is 0.159 e. The van der Waals surface area contributed by atoms with Gasteiger partial charge in [-0.2, -0.15) is 0 Å². The number of rotatable bonds is 2. The van der Waals surface area contributed by atoms with Crippen LogP contribution in [0.3, 0.4) is 0 Å². The first-order valence-corrected chi connectivity index (χ1v) is 10.4. The Labute approximate surface area is 143 Å². The molecule has 23 heavy (non-hydrogen) atoms. The van der Waals surface area contributed by atoms with Crippen LogP contribution in [-0.2, 0) is 0 Å². The highest BCUT2D eigenvalue weighted by atomic mass is 32.2. The summed E-state index contributed by atoms with van der Waals surface area (Å²) in [5.41, 5.74) is 1.30. The number of aliphatic imine (C=N–C) groups is 1. The quantitative estimate of drug-likeness (QED) is 0.660. The molecule has 2 bridgehead atoms. The first-order valence-electron chi connectivity index (χ1n) is 9.18. The van der Waals surface area contributed by atoms with Gasteiger partial charge in [0.1, 0.15) is 0 Å². The zero-order valence-electron chi connectivity index (χ0n) is 14.1. The van der Waals surface area contributed by atoms with E-state index in [9.17, 15) is 0 Å². The third-order valence-electron chi connectivity index (χ3n) is 6.19. The third-order valence-corrected chi connectivity index (χ3v) is 6.92. The van der Waals surface area contributed by atoms with Crippen molar-refractivity contribution in [3.63, 3.8) is 0 Å². The van der Waals surface area contributed by atoms with Gasteiger partial charge >= 0.3 is 0 Å². The van der Waals surface area contributed by atoms with Gasteiger partial charge < -0.3 is 9.88 Å². The second kappa shape index (κ2) is 6.88. The molecule has 5 rings (SSSR count). The van der Waals surface area contributed by atoms with E-state index in [0.29, 0.717) is 12.0 Å². The van der Waals surface area contributed by atoms with Crippen LogP contribution in [0, 0.1) is 11.8 Å². The molecular weight excluding hydrogens is 304 g/mol. The van der Waals surface area contributed by atoms with Crippen LogP contribution in [0.5, 0.6) is 0 Å². The van der Waals surface area contributed by atoms with Crippen LogP contribution < -0.4 is 0 Å². The van der Waals surface area contributed by atoms with Crippen molar-refractivity contribution in [3.05, 3.63) is 18.2 Å². The Morgan fingerprint density at radius 1 is 1.22 bits per heavy atom. The van der Waals surface area contributed by atoms with E-state index >= 15 is 0 Å². The van der Waals surface area contributed by atoms with Crippen LogP contribution in [-0.4, -0.2) is 45.4 Å². The highest BCUT2D eigenvalue weighted by Gasteiger charge is 2.36. The summed E-state index contributed by atoms with van der Waals surface area (Å²) < 4.78 is 0. The lowest BCUT2D eigenvalue weighted by atomic mass is 9.68. The minimum atomic E-state index is 0.607. The molecule has 5 heteroatoms. The van der Waals surface area contributed by atoms with Gasteiger partial charge in [-0.05, 0) is 50.2 Å². The van der Waals surface area contributed by atoms with Crippen LogP contribution in [0.4, 0.5) is 0 Å².